The van der Waals surface area contributed by atoms with Crippen molar-refractivity contribution in [2.75, 3.05) is 7.11 Å². The molecule has 1 rings (SSSR count). The second-order valence-electron chi connectivity index (χ2n) is 2.97. The van der Waals surface area contributed by atoms with Crippen molar-refractivity contribution in [3.63, 3.8) is 0 Å². The van der Waals surface area contributed by atoms with E-state index in [0.717, 1.165) is 12.2 Å². The van der Waals surface area contributed by atoms with Gasteiger partial charge in [-0.3, -0.25) is 4.98 Å². The van der Waals surface area contributed by atoms with E-state index in [9.17, 15) is 0 Å². The summed E-state index contributed by atoms with van der Waals surface area (Å²) in [4.78, 5) is 4.10. The van der Waals surface area contributed by atoms with Gasteiger partial charge in [-0.15, -0.1) is 0 Å². The van der Waals surface area contributed by atoms with Crippen LogP contribution in [0.2, 0.25) is 0 Å². The summed E-state index contributed by atoms with van der Waals surface area (Å²) in [6.07, 6.45) is 4.76. The summed E-state index contributed by atoms with van der Waals surface area (Å²) in [5, 5.41) is 0. The molecule has 0 bridgehead atoms. The maximum Gasteiger partial charge on any atom is 0.137 e. The molecule has 0 radical (unpaired) electrons. The summed E-state index contributed by atoms with van der Waals surface area (Å²) in [6.45, 7) is 4.36. The Morgan fingerprint density at radius 3 is 2.83 bits per heavy atom. The van der Waals surface area contributed by atoms with Gasteiger partial charge in [0.1, 0.15) is 5.75 Å². The molecule has 1 unspecified atom stereocenters. The topological polar surface area (TPSA) is 22.1 Å². The average molecular weight is 165 g/mol. The maximum atomic E-state index is 5.09. The molecule has 0 aromatic carbocycles. The molecule has 1 aromatic heterocycles. The zero-order valence-corrected chi connectivity index (χ0v) is 7.87. The van der Waals surface area contributed by atoms with Crippen molar-refractivity contribution in [1.82, 2.24) is 4.98 Å². The second kappa shape index (κ2) is 4.10. The molecule has 0 fully saturated rings. The normalized spacial score (nSPS) is 12.6. The van der Waals surface area contributed by atoms with Crippen LogP contribution in [0.1, 0.15) is 31.7 Å². The van der Waals surface area contributed by atoms with Gasteiger partial charge in [-0.1, -0.05) is 13.8 Å². The predicted molar refractivity (Wildman–Crippen MR) is 49.5 cm³/mol. The van der Waals surface area contributed by atoms with E-state index in [1.165, 1.54) is 5.56 Å². The lowest BCUT2D eigenvalue weighted by Gasteiger charge is -2.08. The number of pyridine rings is 1. The van der Waals surface area contributed by atoms with Gasteiger partial charge in [0.2, 0.25) is 0 Å². The molecular weight excluding hydrogens is 150 g/mol. The number of rotatable bonds is 3. The lowest BCUT2D eigenvalue weighted by atomic mass is 10.0. The number of hydrogen-bond acceptors (Lipinski definition) is 2. The van der Waals surface area contributed by atoms with E-state index in [2.05, 4.69) is 18.8 Å². The fourth-order valence-electron chi connectivity index (χ4n) is 1.05. The van der Waals surface area contributed by atoms with E-state index in [1.54, 1.807) is 13.3 Å². The molecule has 1 atom stereocenters. The van der Waals surface area contributed by atoms with E-state index in [4.69, 9.17) is 4.74 Å². The van der Waals surface area contributed by atoms with Crippen LogP contribution in [0.15, 0.2) is 18.5 Å². The van der Waals surface area contributed by atoms with E-state index in [0.29, 0.717) is 5.92 Å². The van der Waals surface area contributed by atoms with Gasteiger partial charge in [0, 0.05) is 6.20 Å². The first-order chi connectivity index (χ1) is 5.77. The van der Waals surface area contributed by atoms with Crippen LogP contribution in [0.25, 0.3) is 0 Å². The van der Waals surface area contributed by atoms with Gasteiger partial charge >= 0.3 is 0 Å². The third-order valence-corrected chi connectivity index (χ3v) is 2.15. The Labute approximate surface area is 73.6 Å². The first-order valence-corrected chi connectivity index (χ1v) is 4.26. The minimum atomic E-state index is 0.563. The summed E-state index contributed by atoms with van der Waals surface area (Å²) < 4.78 is 5.09. The molecular formula is C10H15NO. The molecule has 0 aliphatic carbocycles. The highest BCUT2D eigenvalue weighted by Gasteiger charge is 2.03. The Bertz CT molecular complexity index is 247. The molecule has 0 aliphatic heterocycles. The Kier molecular flexibility index (Phi) is 3.09. The van der Waals surface area contributed by atoms with Gasteiger partial charge in [-0.2, -0.15) is 0 Å². The van der Waals surface area contributed by atoms with Crippen molar-refractivity contribution in [2.24, 2.45) is 0 Å². The maximum absolute atomic E-state index is 5.09. The van der Waals surface area contributed by atoms with Gasteiger partial charge in [-0.25, -0.2) is 0 Å². The van der Waals surface area contributed by atoms with Crippen LogP contribution in [0.3, 0.4) is 0 Å². The molecule has 0 N–H and O–H groups in total. The van der Waals surface area contributed by atoms with Crippen molar-refractivity contribution in [3.8, 4) is 5.75 Å². The highest BCUT2D eigenvalue weighted by atomic mass is 16.5. The van der Waals surface area contributed by atoms with E-state index >= 15 is 0 Å². The number of methoxy groups -OCH3 is 1. The van der Waals surface area contributed by atoms with E-state index < -0.39 is 0 Å². The van der Waals surface area contributed by atoms with Crippen molar-refractivity contribution in [1.29, 1.82) is 0 Å². The van der Waals surface area contributed by atoms with E-state index in [1.807, 2.05) is 12.3 Å². The van der Waals surface area contributed by atoms with E-state index in [-0.39, 0.29) is 0 Å². The smallest absolute Gasteiger partial charge is 0.137 e. The lowest BCUT2D eigenvalue weighted by Crippen LogP contribution is -1.93. The Morgan fingerprint density at radius 1 is 1.50 bits per heavy atom. The van der Waals surface area contributed by atoms with Gasteiger partial charge < -0.3 is 4.74 Å². The molecule has 1 aromatic rings. The zero-order valence-electron chi connectivity index (χ0n) is 7.87. The molecule has 12 heavy (non-hydrogen) atoms. The molecule has 2 nitrogen and oxygen atoms in total. The third kappa shape index (κ3) is 1.97. The van der Waals surface area contributed by atoms with Crippen LogP contribution in [-0.2, 0) is 0 Å². The van der Waals surface area contributed by atoms with Gasteiger partial charge in [0.25, 0.3) is 0 Å². The summed E-state index contributed by atoms with van der Waals surface area (Å²) in [5.41, 5.74) is 1.25. The Balaban J connectivity index is 2.86. The van der Waals surface area contributed by atoms with Crippen molar-refractivity contribution in [2.45, 2.75) is 26.2 Å². The SMILES string of the molecule is CCC(C)c1cncc(OC)c1. The first-order valence-electron chi connectivity index (χ1n) is 4.26. The van der Waals surface area contributed by atoms with Crippen LogP contribution in [0.4, 0.5) is 0 Å². The molecule has 0 amide bonds. The summed E-state index contributed by atoms with van der Waals surface area (Å²) in [6, 6.07) is 2.04. The highest BCUT2D eigenvalue weighted by Crippen LogP contribution is 2.20. The van der Waals surface area contributed by atoms with Gasteiger partial charge in [0.15, 0.2) is 0 Å². The number of aromatic nitrogens is 1. The third-order valence-electron chi connectivity index (χ3n) is 2.15. The second-order valence-corrected chi connectivity index (χ2v) is 2.97. The number of hydrogen-bond donors (Lipinski definition) is 0. The lowest BCUT2D eigenvalue weighted by molar-refractivity contribution is 0.411. The van der Waals surface area contributed by atoms with Gasteiger partial charge in [0.05, 0.1) is 13.3 Å². The molecule has 1 heterocycles. The van der Waals surface area contributed by atoms with Crippen LogP contribution in [-0.4, -0.2) is 12.1 Å². The quantitative estimate of drug-likeness (QED) is 0.686. The Morgan fingerprint density at radius 2 is 2.25 bits per heavy atom. The van der Waals surface area contributed by atoms with Gasteiger partial charge in [-0.05, 0) is 24.0 Å². The monoisotopic (exact) mass is 165 g/mol. The first kappa shape index (κ1) is 9.04. The molecule has 0 spiro atoms. The van der Waals surface area contributed by atoms with Crippen molar-refractivity contribution < 1.29 is 4.74 Å². The molecule has 66 valence electrons. The fourth-order valence-corrected chi connectivity index (χ4v) is 1.05. The van der Waals surface area contributed by atoms with Crippen molar-refractivity contribution in [3.05, 3.63) is 24.0 Å². The number of ether oxygens (including phenoxy) is 1. The molecule has 2 heteroatoms. The zero-order chi connectivity index (χ0) is 8.97. The minimum absolute atomic E-state index is 0.563. The predicted octanol–water partition coefficient (Wildman–Crippen LogP) is 2.60. The summed E-state index contributed by atoms with van der Waals surface area (Å²) >= 11 is 0. The highest BCUT2D eigenvalue weighted by molar-refractivity contribution is 5.25. The largest absolute Gasteiger partial charge is 0.495 e. The number of nitrogens with zero attached hydrogens (tertiary/aromatic N) is 1. The molecule has 0 saturated heterocycles. The molecule has 0 saturated carbocycles. The van der Waals surface area contributed by atoms with Crippen LogP contribution in [0, 0.1) is 0 Å². The Hall–Kier alpha value is -1.05. The standard InChI is InChI=1S/C10H15NO/c1-4-8(2)9-5-10(12-3)7-11-6-9/h5-8H,4H2,1-3H3. The fraction of sp³-hybridized carbons (Fsp3) is 0.500. The summed E-state index contributed by atoms with van der Waals surface area (Å²) in [7, 11) is 1.66. The summed E-state index contributed by atoms with van der Waals surface area (Å²) in [5.74, 6) is 1.40. The minimum Gasteiger partial charge on any atom is -0.495 e. The molecule has 0 aliphatic rings. The van der Waals surface area contributed by atoms with Crippen LogP contribution >= 0.6 is 0 Å². The average Bonchev–Trinajstić information content (AvgIpc) is 2.17. The van der Waals surface area contributed by atoms with Crippen LogP contribution in [0.5, 0.6) is 5.75 Å². The van der Waals surface area contributed by atoms with Crippen molar-refractivity contribution >= 4 is 0 Å². The van der Waals surface area contributed by atoms with Crippen LogP contribution < -0.4 is 4.74 Å².